The van der Waals surface area contributed by atoms with E-state index in [2.05, 4.69) is 14.7 Å². The van der Waals surface area contributed by atoms with Crippen molar-refractivity contribution in [1.29, 1.82) is 0 Å². The normalized spacial score (nSPS) is 11.7. The standard InChI is InChI=1S/C26H28N6O6S/c1-36-11-10-29-25(34)22(16-13-30-17-7-5-4-6-15(16)17)32(18-12-14(37-2)8-9-19(18)38-3)26(35)23-20(27)21(24(28)33)31-39-23/h4-9,12-13,22,30H,10-11,27H2,1-3H3,(H2,28,33)(H,29,34)/t22-/m0/s1. The van der Waals surface area contributed by atoms with Crippen LogP contribution in [0.4, 0.5) is 11.4 Å². The number of fused-ring (bicyclic) bond motifs is 1. The van der Waals surface area contributed by atoms with Crippen LogP contribution in [0.5, 0.6) is 11.5 Å². The Morgan fingerprint density at radius 1 is 1.13 bits per heavy atom. The number of rotatable bonds is 11. The first-order valence-corrected chi connectivity index (χ1v) is 12.5. The van der Waals surface area contributed by atoms with Crippen molar-refractivity contribution in [3.8, 4) is 11.5 Å². The van der Waals surface area contributed by atoms with Crippen molar-refractivity contribution >= 4 is 51.5 Å². The van der Waals surface area contributed by atoms with Crippen LogP contribution in [-0.4, -0.2) is 61.6 Å². The van der Waals surface area contributed by atoms with Crippen molar-refractivity contribution < 1.29 is 28.6 Å². The summed E-state index contributed by atoms with van der Waals surface area (Å²) >= 11 is 0.712. The van der Waals surface area contributed by atoms with Gasteiger partial charge in [-0.1, -0.05) is 18.2 Å². The molecule has 0 saturated carbocycles. The number of ether oxygens (including phenoxy) is 3. The van der Waals surface area contributed by atoms with E-state index in [1.807, 2.05) is 24.3 Å². The van der Waals surface area contributed by atoms with Crippen LogP contribution in [0.2, 0.25) is 0 Å². The van der Waals surface area contributed by atoms with Gasteiger partial charge < -0.3 is 36.0 Å². The number of carbonyl (C=O) groups excluding carboxylic acids is 3. The number of nitrogens with two attached hydrogens (primary N) is 2. The molecule has 0 aliphatic carbocycles. The van der Waals surface area contributed by atoms with Gasteiger partial charge >= 0.3 is 0 Å². The van der Waals surface area contributed by atoms with Crippen molar-refractivity contribution in [1.82, 2.24) is 14.7 Å². The fraction of sp³-hybridized carbons (Fsp3) is 0.231. The van der Waals surface area contributed by atoms with Crippen molar-refractivity contribution in [3.05, 3.63) is 64.8 Å². The number of nitrogens with one attached hydrogen (secondary N) is 2. The quantitative estimate of drug-likeness (QED) is 0.205. The molecule has 0 unspecified atom stereocenters. The molecule has 0 bridgehead atoms. The third-order valence-electron chi connectivity index (χ3n) is 6.05. The summed E-state index contributed by atoms with van der Waals surface area (Å²) in [4.78, 5) is 44.4. The van der Waals surface area contributed by atoms with Gasteiger partial charge in [-0.15, -0.1) is 0 Å². The lowest BCUT2D eigenvalue weighted by atomic mass is 10.0. The van der Waals surface area contributed by atoms with E-state index in [0.717, 1.165) is 10.9 Å². The van der Waals surface area contributed by atoms with E-state index in [4.69, 9.17) is 25.7 Å². The average molecular weight is 553 g/mol. The number of primary amides is 1. The summed E-state index contributed by atoms with van der Waals surface area (Å²) in [5, 5.41) is 3.56. The Morgan fingerprint density at radius 2 is 1.90 bits per heavy atom. The van der Waals surface area contributed by atoms with Crippen LogP contribution in [0.1, 0.15) is 31.8 Å². The van der Waals surface area contributed by atoms with Gasteiger partial charge in [0.2, 0.25) is 5.91 Å². The second kappa shape index (κ2) is 11.8. The molecule has 6 N–H and O–H groups in total. The van der Waals surface area contributed by atoms with E-state index in [-0.39, 0.29) is 40.8 Å². The van der Waals surface area contributed by atoms with Gasteiger partial charge in [-0.05, 0) is 29.7 Å². The maximum absolute atomic E-state index is 14.3. The fourth-order valence-electron chi connectivity index (χ4n) is 4.18. The number of aromatic nitrogens is 2. The Hall–Kier alpha value is -4.62. The van der Waals surface area contributed by atoms with E-state index in [9.17, 15) is 14.4 Å². The molecule has 12 nitrogen and oxygen atoms in total. The number of nitrogens with zero attached hydrogens (tertiary/aromatic N) is 2. The lowest BCUT2D eigenvalue weighted by molar-refractivity contribution is -0.122. The molecule has 0 aliphatic rings. The number of benzene rings is 2. The van der Waals surface area contributed by atoms with Gasteiger partial charge in [0.1, 0.15) is 22.4 Å². The molecule has 2 heterocycles. The average Bonchev–Trinajstić information content (AvgIpc) is 3.54. The molecule has 1 atom stereocenters. The topological polar surface area (TPSA) is 175 Å². The number of nitrogen functional groups attached to an aromatic ring is 1. The summed E-state index contributed by atoms with van der Waals surface area (Å²) in [6.07, 6.45) is 1.67. The Bertz CT molecular complexity index is 1520. The number of methoxy groups -OCH3 is 3. The Labute approximate surface area is 228 Å². The molecule has 0 saturated heterocycles. The minimum Gasteiger partial charge on any atom is -0.497 e. The molecule has 39 heavy (non-hydrogen) atoms. The predicted octanol–water partition coefficient (Wildman–Crippen LogP) is 2.47. The number of anilines is 2. The van der Waals surface area contributed by atoms with Crippen molar-refractivity contribution in [2.75, 3.05) is 45.1 Å². The first kappa shape index (κ1) is 27.4. The SMILES string of the molecule is COCCNC(=O)[C@H](c1c[nH]c2ccccc12)N(C(=O)c1snc(C(N)=O)c1N)c1cc(OC)ccc1OC. The van der Waals surface area contributed by atoms with E-state index in [1.54, 1.807) is 24.4 Å². The number of hydrogen-bond acceptors (Lipinski definition) is 9. The van der Waals surface area contributed by atoms with Gasteiger partial charge in [-0.25, -0.2) is 0 Å². The van der Waals surface area contributed by atoms with Gasteiger partial charge in [0.25, 0.3) is 11.8 Å². The highest BCUT2D eigenvalue weighted by Gasteiger charge is 2.38. The van der Waals surface area contributed by atoms with Gasteiger partial charge in [0.05, 0.1) is 32.2 Å². The summed E-state index contributed by atoms with van der Waals surface area (Å²) in [5.41, 5.74) is 12.6. The smallest absolute Gasteiger partial charge is 0.273 e. The molecule has 2 aromatic carbocycles. The second-order valence-electron chi connectivity index (χ2n) is 8.33. The molecule has 13 heteroatoms. The van der Waals surface area contributed by atoms with Gasteiger partial charge in [0, 0.05) is 42.4 Å². The van der Waals surface area contributed by atoms with E-state index in [0.29, 0.717) is 22.8 Å². The summed E-state index contributed by atoms with van der Waals surface area (Å²) < 4.78 is 20.1. The molecule has 0 fully saturated rings. The largest absolute Gasteiger partial charge is 0.497 e. The number of hydrogen-bond donors (Lipinski definition) is 4. The predicted molar refractivity (Wildman–Crippen MR) is 147 cm³/mol. The number of H-pyrrole nitrogens is 1. The van der Waals surface area contributed by atoms with Crippen LogP contribution in [-0.2, 0) is 9.53 Å². The number of para-hydroxylation sites is 1. The molecule has 2 aromatic heterocycles. The van der Waals surface area contributed by atoms with Crippen LogP contribution < -0.4 is 31.2 Å². The highest BCUT2D eigenvalue weighted by Crippen LogP contribution is 2.41. The molecule has 0 spiro atoms. The van der Waals surface area contributed by atoms with E-state index < -0.39 is 23.8 Å². The van der Waals surface area contributed by atoms with Crippen LogP contribution in [0.25, 0.3) is 10.9 Å². The van der Waals surface area contributed by atoms with Crippen molar-refractivity contribution in [2.45, 2.75) is 6.04 Å². The highest BCUT2D eigenvalue weighted by molar-refractivity contribution is 7.09. The number of carbonyl (C=O) groups is 3. The van der Waals surface area contributed by atoms with Gasteiger partial charge in [-0.3, -0.25) is 19.3 Å². The van der Waals surface area contributed by atoms with Gasteiger partial charge in [0.15, 0.2) is 5.69 Å². The number of aromatic amines is 1. The first-order chi connectivity index (χ1) is 18.8. The monoisotopic (exact) mass is 552 g/mol. The fourth-order valence-corrected chi connectivity index (χ4v) is 4.92. The summed E-state index contributed by atoms with van der Waals surface area (Å²) in [6, 6.07) is 11.0. The Kier molecular flexibility index (Phi) is 8.32. The molecule has 0 aliphatic heterocycles. The molecule has 3 amide bonds. The molecular weight excluding hydrogens is 524 g/mol. The second-order valence-corrected chi connectivity index (χ2v) is 9.10. The highest BCUT2D eigenvalue weighted by atomic mass is 32.1. The van der Waals surface area contributed by atoms with Gasteiger partial charge in [-0.2, -0.15) is 4.37 Å². The van der Waals surface area contributed by atoms with Crippen LogP contribution in [0.3, 0.4) is 0 Å². The molecule has 4 rings (SSSR count). The summed E-state index contributed by atoms with van der Waals surface area (Å²) in [7, 11) is 4.44. The third-order valence-corrected chi connectivity index (χ3v) is 6.90. The molecular formula is C26H28N6O6S. The maximum atomic E-state index is 14.3. The number of amides is 3. The lowest BCUT2D eigenvalue weighted by Gasteiger charge is -2.32. The zero-order valence-electron chi connectivity index (χ0n) is 21.5. The molecule has 204 valence electrons. The lowest BCUT2D eigenvalue weighted by Crippen LogP contribution is -2.45. The van der Waals surface area contributed by atoms with Crippen molar-refractivity contribution in [2.24, 2.45) is 5.73 Å². The third kappa shape index (κ3) is 5.35. The minimum absolute atomic E-state index is 0.0665. The van der Waals surface area contributed by atoms with Crippen molar-refractivity contribution in [3.63, 3.8) is 0 Å². The van der Waals surface area contributed by atoms with Crippen LogP contribution in [0, 0.1) is 0 Å². The zero-order valence-corrected chi connectivity index (χ0v) is 22.3. The van der Waals surface area contributed by atoms with E-state index in [1.165, 1.54) is 26.2 Å². The summed E-state index contributed by atoms with van der Waals surface area (Å²) in [6.45, 7) is 0.451. The van der Waals surface area contributed by atoms with E-state index >= 15 is 0 Å². The Balaban J connectivity index is 1.99. The van der Waals surface area contributed by atoms with Crippen LogP contribution >= 0.6 is 11.5 Å². The first-order valence-electron chi connectivity index (χ1n) is 11.8. The van der Waals surface area contributed by atoms with Crippen LogP contribution in [0.15, 0.2) is 48.7 Å². The molecule has 4 aromatic rings. The molecule has 0 radical (unpaired) electrons. The maximum Gasteiger partial charge on any atom is 0.273 e. The zero-order chi connectivity index (χ0) is 28.1. The summed E-state index contributed by atoms with van der Waals surface area (Å²) in [5.74, 6) is -1.36. The Morgan fingerprint density at radius 3 is 2.56 bits per heavy atom. The minimum atomic E-state index is -1.22.